The first-order valence-corrected chi connectivity index (χ1v) is 10.9. The molecule has 31 heavy (non-hydrogen) atoms. The second-order valence-electron chi connectivity index (χ2n) is 7.42. The minimum absolute atomic E-state index is 0.0767. The first-order chi connectivity index (χ1) is 15.0. The highest BCUT2D eigenvalue weighted by molar-refractivity contribution is 7.17. The van der Waals surface area contributed by atoms with Crippen molar-refractivity contribution >= 4 is 27.5 Å². The smallest absolute Gasteiger partial charge is 0.335 e. The number of nitrogens with zero attached hydrogens (tertiary/aromatic N) is 2. The molecule has 0 aliphatic carbocycles. The van der Waals surface area contributed by atoms with Crippen molar-refractivity contribution in [2.75, 3.05) is 6.61 Å². The summed E-state index contributed by atoms with van der Waals surface area (Å²) in [5.41, 5.74) is 0.900. The van der Waals surface area contributed by atoms with Crippen LogP contribution >= 0.6 is 11.3 Å². The average Bonchev–Trinajstić information content (AvgIpc) is 3.42. The first-order valence-electron chi connectivity index (χ1n) is 9.97. The van der Waals surface area contributed by atoms with E-state index in [2.05, 4.69) is 0 Å². The highest BCUT2D eigenvalue weighted by Crippen LogP contribution is 2.32. The maximum Gasteiger partial charge on any atom is 0.335 e. The predicted molar refractivity (Wildman–Crippen MR) is 119 cm³/mol. The van der Waals surface area contributed by atoms with Gasteiger partial charge in [0.1, 0.15) is 22.2 Å². The van der Waals surface area contributed by atoms with E-state index in [0.717, 1.165) is 11.4 Å². The van der Waals surface area contributed by atoms with E-state index in [-0.39, 0.29) is 17.0 Å². The third kappa shape index (κ3) is 4.25. The van der Waals surface area contributed by atoms with Crippen LogP contribution < -0.4 is 10.3 Å². The van der Waals surface area contributed by atoms with E-state index in [9.17, 15) is 9.59 Å². The topological polar surface area (TPSA) is 94.6 Å². The number of hydrogen-bond acceptors (Lipinski definition) is 6. The molecule has 0 saturated heterocycles. The van der Waals surface area contributed by atoms with Gasteiger partial charge in [0.2, 0.25) is 0 Å². The maximum atomic E-state index is 13.4. The van der Waals surface area contributed by atoms with E-state index in [0.29, 0.717) is 41.3 Å². The number of carboxylic acids is 1. The van der Waals surface area contributed by atoms with Crippen LogP contribution in [0.1, 0.15) is 42.4 Å². The Labute approximate surface area is 182 Å². The molecule has 4 rings (SSSR count). The molecule has 7 nitrogen and oxygen atoms in total. The average molecular weight is 439 g/mol. The molecular formula is C23H22N2O5S. The molecule has 3 heterocycles. The van der Waals surface area contributed by atoms with Crippen LogP contribution in [-0.2, 0) is 6.54 Å². The van der Waals surface area contributed by atoms with Gasteiger partial charge in [-0.25, -0.2) is 9.78 Å². The normalized spacial score (nSPS) is 11.3. The standard InChI is InChI=1S/C23H22N2O5S/c1-14(2)20-24-21-19(17(13-31-21)18-5-3-11-30-18)22(26)25(20)10-4-12-29-16-8-6-15(7-9-16)23(27)28/h3,5-9,11,13-14H,4,10,12H2,1-2H3,(H,27,28). The lowest BCUT2D eigenvalue weighted by atomic mass is 10.1. The Hall–Kier alpha value is -3.39. The van der Waals surface area contributed by atoms with Gasteiger partial charge in [-0.2, -0.15) is 0 Å². The lowest BCUT2D eigenvalue weighted by Gasteiger charge is -2.15. The third-order valence-corrected chi connectivity index (χ3v) is 5.79. The van der Waals surface area contributed by atoms with Gasteiger partial charge in [0.05, 0.1) is 23.8 Å². The van der Waals surface area contributed by atoms with Gasteiger partial charge in [-0.1, -0.05) is 13.8 Å². The van der Waals surface area contributed by atoms with E-state index in [1.165, 1.54) is 23.5 Å². The van der Waals surface area contributed by atoms with Gasteiger partial charge in [0, 0.05) is 23.4 Å². The van der Waals surface area contributed by atoms with Crippen LogP contribution in [0.25, 0.3) is 21.5 Å². The van der Waals surface area contributed by atoms with Gasteiger partial charge >= 0.3 is 5.97 Å². The van der Waals surface area contributed by atoms with Gasteiger partial charge in [-0.3, -0.25) is 9.36 Å². The van der Waals surface area contributed by atoms with Crippen LogP contribution in [-0.4, -0.2) is 27.2 Å². The Bertz CT molecular complexity index is 1250. The maximum absolute atomic E-state index is 13.4. The first kappa shape index (κ1) is 20.9. The number of aromatic carboxylic acids is 1. The molecule has 3 aromatic heterocycles. The molecule has 1 N–H and O–H groups in total. The number of aromatic nitrogens is 2. The second-order valence-corrected chi connectivity index (χ2v) is 8.28. The van der Waals surface area contributed by atoms with Crippen molar-refractivity contribution in [1.29, 1.82) is 0 Å². The van der Waals surface area contributed by atoms with Crippen LogP contribution in [0.5, 0.6) is 5.75 Å². The SMILES string of the molecule is CC(C)c1nc2scc(-c3ccco3)c2c(=O)n1CCCOc1ccc(C(=O)O)cc1. The predicted octanol–water partition coefficient (Wildman–Crippen LogP) is 5.01. The van der Waals surface area contributed by atoms with E-state index < -0.39 is 5.97 Å². The molecule has 0 aliphatic heterocycles. The highest BCUT2D eigenvalue weighted by atomic mass is 32.1. The molecule has 0 radical (unpaired) electrons. The van der Waals surface area contributed by atoms with Crippen molar-refractivity contribution in [3.05, 3.63) is 69.8 Å². The molecule has 4 aromatic rings. The van der Waals surface area contributed by atoms with Crippen LogP contribution in [0.3, 0.4) is 0 Å². The van der Waals surface area contributed by atoms with Crippen LogP contribution in [0, 0.1) is 0 Å². The summed E-state index contributed by atoms with van der Waals surface area (Å²) < 4.78 is 12.9. The van der Waals surface area contributed by atoms with E-state index in [4.69, 9.17) is 19.2 Å². The number of fused-ring (bicyclic) bond motifs is 1. The molecule has 0 fully saturated rings. The zero-order valence-electron chi connectivity index (χ0n) is 17.2. The number of rotatable bonds is 8. The molecule has 0 bridgehead atoms. The summed E-state index contributed by atoms with van der Waals surface area (Å²) >= 11 is 1.44. The van der Waals surface area contributed by atoms with Crippen LogP contribution in [0.4, 0.5) is 0 Å². The molecule has 0 amide bonds. The monoisotopic (exact) mass is 438 g/mol. The van der Waals surface area contributed by atoms with Crippen molar-refractivity contribution in [2.45, 2.75) is 32.7 Å². The minimum atomic E-state index is -0.975. The minimum Gasteiger partial charge on any atom is -0.494 e. The number of carboxylic acid groups (broad SMARTS) is 1. The summed E-state index contributed by atoms with van der Waals surface area (Å²) in [6.07, 6.45) is 2.20. The molecule has 0 atom stereocenters. The van der Waals surface area contributed by atoms with Crippen molar-refractivity contribution < 1.29 is 19.1 Å². The fraction of sp³-hybridized carbons (Fsp3) is 0.261. The van der Waals surface area contributed by atoms with E-state index >= 15 is 0 Å². The lowest BCUT2D eigenvalue weighted by molar-refractivity contribution is 0.0697. The van der Waals surface area contributed by atoms with Crippen LogP contribution in [0.15, 0.2) is 57.3 Å². The summed E-state index contributed by atoms with van der Waals surface area (Å²) in [7, 11) is 0. The number of furan rings is 1. The number of ether oxygens (including phenoxy) is 1. The van der Waals surface area contributed by atoms with Crippen LogP contribution in [0.2, 0.25) is 0 Å². The summed E-state index contributed by atoms with van der Waals surface area (Å²) in [6.45, 7) is 4.90. The van der Waals surface area contributed by atoms with Crippen molar-refractivity contribution in [1.82, 2.24) is 9.55 Å². The quantitative estimate of drug-likeness (QED) is 0.389. The van der Waals surface area contributed by atoms with Crippen molar-refractivity contribution in [2.24, 2.45) is 0 Å². The van der Waals surface area contributed by atoms with E-state index in [1.807, 2.05) is 25.3 Å². The summed E-state index contributed by atoms with van der Waals surface area (Å²) in [5.74, 6) is 1.11. The van der Waals surface area contributed by atoms with Gasteiger partial charge in [-0.05, 0) is 42.8 Å². The van der Waals surface area contributed by atoms with E-state index in [1.54, 1.807) is 29.0 Å². The number of carbonyl (C=O) groups is 1. The zero-order valence-corrected chi connectivity index (χ0v) is 18.0. The van der Waals surface area contributed by atoms with Gasteiger partial charge in [0.25, 0.3) is 5.56 Å². The Kier molecular flexibility index (Phi) is 5.90. The van der Waals surface area contributed by atoms with Gasteiger partial charge < -0.3 is 14.3 Å². The highest BCUT2D eigenvalue weighted by Gasteiger charge is 2.19. The summed E-state index contributed by atoms with van der Waals surface area (Å²) in [4.78, 5) is 29.8. The molecule has 160 valence electrons. The molecule has 0 unspecified atom stereocenters. The largest absolute Gasteiger partial charge is 0.494 e. The van der Waals surface area contributed by atoms with Crippen molar-refractivity contribution in [3.8, 4) is 17.1 Å². The third-order valence-electron chi connectivity index (χ3n) is 4.92. The Balaban J connectivity index is 1.55. The molecule has 1 aromatic carbocycles. The Morgan fingerprint density at radius 2 is 2.03 bits per heavy atom. The molecule has 0 saturated carbocycles. The Morgan fingerprint density at radius 3 is 2.68 bits per heavy atom. The van der Waals surface area contributed by atoms with Gasteiger partial charge in [0.15, 0.2) is 0 Å². The zero-order chi connectivity index (χ0) is 22.0. The summed E-state index contributed by atoms with van der Waals surface area (Å²) in [5, 5.41) is 11.5. The molecule has 0 aliphatic rings. The number of hydrogen-bond donors (Lipinski definition) is 1. The van der Waals surface area contributed by atoms with Gasteiger partial charge in [-0.15, -0.1) is 11.3 Å². The fourth-order valence-electron chi connectivity index (χ4n) is 3.42. The fourth-order valence-corrected chi connectivity index (χ4v) is 4.34. The Morgan fingerprint density at radius 1 is 1.26 bits per heavy atom. The number of thiophene rings is 1. The second kappa shape index (κ2) is 8.77. The molecule has 8 heteroatoms. The molecule has 0 spiro atoms. The molecular weight excluding hydrogens is 416 g/mol. The number of benzene rings is 1. The van der Waals surface area contributed by atoms with Crippen molar-refractivity contribution in [3.63, 3.8) is 0 Å². The lowest BCUT2D eigenvalue weighted by Crippen LogP contribution is -2.26. The summed E-state index contributed by atoms with van der Waals surface area (Å²) in [6, 6.07) is 9.90.